The van der Waals surface area contributed by atoms with Crippen LogP contribution in [0.5, 0.6) is 5.75 Å². The van der Waals surface area contributed by atoms with Crippen LogP contribution in [0.3, 0.4) is 0 Å². The number of carbonyl (C=O) groups excluding carboxylic acids is 1. The molecule has 0 aliphatic rings. The number of amides is 1. The van der Waals surface area contributed by atoms with Crippen LogP contribution in [0.1, 0.15) is 23.0 Å². The minimum atomic E-state index is -0.393. The maximum atomic E-state index is 11.6. The molecular weight excluding hydrogens is 214 g/mol. The molecule has 2 N–H and O–H groups in total. The predicted octanol–water partition coefficient (Wildman–Crippen LogP) is 1.26. The zero-order valence-corrected chi connectivity index (χ0v) is 9.63. The summed E-state index contributed by atoms with van der Waals surface area (Å²) < 4.78 is 5.03. The number of methoxy groups -OCH3 is 1. The quantitative estimate of drug-likeness (QED) is 0.799. The van der Waals surface area contributed by atoms with E-state index in [2.05, 4.69) is 5.32 Å². The van der Waals surface area contributed by atoms with Crippen molar-refractivity contribution in [2.75, 3.05) is 13.7 Å². The van der Waals surface area contributed by atoms with E-state index >= 15 is 0 Å². The van der Waals surface area contributed by atoms with Gasteiger partial charge in [-0.05, 0) is 24.8 Å². The summed E-state index contributed by atoms with van der Waals surface area (Å²) in [6.07, 6.45) is 0.162. The molecule has 0 radical (unpaired) electrons. The van der Waals surface area contributed by atoms with Crippen LogP contribution in [-0.2, 0) is 0 Å². The van der Waals surface area contributed by atoms with Crippen molar-refractivity contribution >= 4 is 17.2 Å². The van der Waals surface area contributed by atoms with Crippen LogP contribution in [0.2, 0.25) is 0 Å². The van der Waals surface area contributed by atoms with Crippen LogP contribution in [0.4, 0.5) is 0 Å². The lowest BCUT2D eigenvalue weighted by Crippen LogP contribution is -2.26. The van der Waals surface area contributed by atoms with E-state index in [0.29, 0.717) is 23.6 Å². The number of ether oxygens (including phenoxy) is 1. The lowest BCUT2D eigenvalue weighted by atomic mass is 10.3. The van der Waals surface area contributed by atoms with Gasteiger partial charge in [-0.25, -0.2) is 0 Å². The van der Waals surface area contributed by atoms with Gasteiger partial charge in [-0.3, -0.25) is 4.79 Å². The number of nitrogens with one attached hydrogen (secondary N) is 1. The molecule has 1 aromatic rings. The van der Waals surface area contributed by atoms with Gasteiger partial charge in [0.1, 0.15) is 10.6 Å². The van der Waals surface area contributed by atoms with Crippen molar-refractivity contribution in [3.63, 3.8) is 0 Å². The summed E-state index contributed by atoms with van der Waals surface area (Å²) in [6, 6.07) is 1.76. The van der Waals surface area contributed by atoms with E-state index in [0.717, 1.165) is 0 Å². The van der Waals surface area contributed by atoms with Gasteiger partial charge in [0.15, 0.2) is 0 Å². The average molecular weight is 229 g/mol. The third-order valence-corrected chi connectivity index (χ3v) is 2.80. The number of aliphatic hydroxyl groups is 1. The van der Waals surface area contributed by atoms with Crippen LogP contribution >= 0.6 is 11.3 Å². The normalized spacial score (nSPS) is 12.2. The summed E-state index contributed by atoms with van der Waals surface area (Å²) in [5, 5.41) is 13.6. The molecule has 0 aliphatic heterocycles. The van der Waals surface area contributed by atoms with Crippen LogP contribution in [0, 0.1) is 0 Å². The van der Waals surface area contributed by atoms with Crippen molar-refractivity contribution in [3.05, 3.63) is 16.3 Å². The van der Waals surface area contributed by atoms with Crippen molar-refractivity contribution in [2.45, 2.75) is 19.4 Å². The smallest absolute Gasteiger partial charge is 0.265 e. The highest BCUT2D eigenvalue weighted by Crippen LogP contribution is 2.23. The van der Waals surface area contributed by atoms with Crippen molar-refractivity contribution in [3.8, 4) is 5.75 Å². The van der Waals surface area contributed by atoms with E-state index in [1.165, 1.54) is 18.4 Å². The Morgan fingerprint density at radius 2 is 2.47 bits per heavy atom. The van der Waals surface area contributed by atoms with E-state index in [1.54, 1.807) is 13.0 Å². The zero-order valence-electron chi connectivity index (χ0n) is 8.82. The molecule has 1 amide bonds. The molecule has 0 saturated carbocycles. The fourth-order valence-electron chi connectivity index (χ4n) is 1.10. The maximum Gasteiger partial charge on any atom is 0.265 e. The summed E-state index contributed by atoms with van der Waals surface area (Å²) >= 11 is 1.34. The van der Waals surface area contributed by atoms with Gasteiger partial charge >= 0.3 is 0 Å². The van der Waals surface area contributed by atoms with Crippen molar-refractivity contribution in [2.24, 2.45) is 0 Å². The SMILES string of the molecule is COc1ccsc1C(=O)NCCC(C)O. The topological polar surface area (TPSA) is 58.6 Å². The molecule has 0 spiro atoms. The Kier molecular flexibility index (Phi) is 4.58. The van der Waals surface area contributed by atoms with E-state index in [9.17, 15) is 4.79 Å². The lowest BCUT2D eigenvalue weighted by Gasteiger charge is -2.06. The number of aliphatic hydroxyl groups excluding tert-OH is 1. The molecule has 0 saturated heterocycles. The Labute approximate surface area is 92.9 Å². The van der Waals surface area contributed by atoms with Crippen LogP contribution in [-0.4, -0.2) is 30.8 Å². The molecule has 1 atom stereocenters. The van der Waals surface area contributed by atoms with Gasteiger partial charge in [0.2, 0.25) is 0 Å². The first-order chi connectivity index (χ1) is 7.15. The number of carbonyl (C=O) groups is 1. The molecule has 1 unspecified atom stereocenters. The fraction of sp³-hybridized carbons (Fsp3) is 0.500. The van der Waals surface area contributed by atoms with Gasteiger partial charge in [-0.15, -0.1) is 11.3 Å². The molecule has 0 bridgehead atoms. The summed E-state index contributed by atoms with van der Waals surface area (Å²) in [5.41, 5.74) is 0. The second kappa shape index (κ2) is 5.72. The molecule has 5 heteroatoms. The highest BCUT2D eigenvalue weighted by Gasteiger charge is 2.12. The largest absolute Gasteiger partial charge is 0.495 e. The van der Waals surface area contributed by atoms with E-state index < -0.39 is 6.10 Å². The highest BCUT2D eigenvalue weighted by molar-refractivity contribution is 7.12. The maximum absolute atomic E-state index is 11.6. The van der Waals surface area contributed by atoms with Gasteiger partial charge < -0.3 is 15.2 Å². The number of thiophene rings is 1. The zero-order chi connectivity index (χ0) is 11.3. The molecule has 1 heterocycles. The van der Waals surface area contributed by atoms with Crippen molar-refractivity contribution in [1.82, 2.24) is 5.32 Å². The molecule has 0 aromatic carbocycles. The predicted molar refractivity (Wildman–Crippen MR) is 59.5 cm³/mol. The van der Waals surface area contributed by atoms with E-state index in [4.69, 9.17) is 9.84 Å². The summed E-state index contributed by atoms with van der Waals surface area (Å²) in [5.74, 6) is 0.442. The van der Waals surface area contributed by atoms with Crippen molar-refractivity contribution in [1.29, 1.82) is 0 Å². The minimum absolute atomic E-state index is 0.150. The summed E-state index contributed by atoms with van der Waals surface area (Å²) in [7, 11) is 1.54. The lowest BCUT2D eigenvalue weighted by molar-refractivity contribution is 0.0947. The van der Waals surface area contributed by atoms with E-state index in [-0.39, 0.29) is 5.91 Å². The van der Waals surface area contributed by atoms with Gasteiger partial charge in [0, 0.05) is 6.54 Å². The first-order valence-corrected chi connectivity index (χ1v) is 5.61. The van der Waals surface area contributed by atoms with Gasteiger partial charge in [-0.2, -0.15) is 0 Å². The number of hydrogen-bond donors (Lipinski definition) is 2. The standard InChI is InChI=1S/C10H15NO3S/c1-7(12)3-5-11-10(13)9-8(14-2)4-6-15-9/h4,6-7,12H,3,5H2,1-2H3,(H,11,13). The Morgan fingerprint density at radius 1 is 1.73 bits per heavy atom. The summed E-state index contributed by atoms with van der Waals surface area (Å²) in [4.78, 5) is 12.2. The first-order valence-electron chi connectivity index (χ1n) is 4.73. The first kappa shape index (κ1) is 12.0. The Balaban J connectivity index is 2.47. The molecule has 1 aromatic heterocycles. The highest BCUT2D eigenvalue weighted by atomic mass is 32.1. The Bertz CT molecular complexity index is 322. The molecule has 4 nitrogen and oxygen atoms in total. The minimum Gasteiger partial charge on any atom is -0.495 e. The van der Waals surface area contributed by atoms with Crippen molar-refractivity contribution < 1.29 is 14.6 Å². The third kappa shape index (κ3) is 3.53. The monoisotopic (exact) mass is 229 g/mol. The number of rotatable bonds is 5. The van der Waals surface area contributed by atoms with Gasteiger partial charge in [0.05, 0.1) is 13.2 Å². The summed E-state index contributed by atoms with van der Waals surface area (Å²) in [6.45, 7) is 2.16. The number of hydrogen-bond acceptors (Lipinski definition) is 4. The average Bonchev–Trinajstić information content (AvgIpc) is 2.64. The second-order valence-corrected chi connectivity index (χ2v) is 4.13. The molecule has 0 fully saturated rings. The van der Waals surface area contributed by atoms with Gasteiger partial charge in [0.25, 0.3) is 5.91 Å². The Morgan fingerprint density at radius 3 is 3.07 bits per heavy atom. The molecule has 0 aliphatic carbocycles. The molecule has 84 valence electrons. The fourth-order valence-corrected chi connectivity index (χ4v) is 1.87. The molecular formula is C10H15NO3S. The van der Waals surface area contributed by atoms with Crippen LogP contribution in [0.15, 0.2) is 11.4 Å². The van der Waals surface area contributed by atoms with Crippen LogP contribution < -0.4 is 10.1 Å². The molecule has 15 heavy (non-hydrogen) atoms. The van der Waals surface area contributed by atoms with Crippen LogP contribution in [0.25, 0.3) is 0 Å². The molecule has 1 rings (SSSR count). The van der Waals surface area contributed by atoms with E-state index in [1.807, 2.05) is 5.38 Å². The van der Waals surface area contributed by atoms with Gasteiger partial charge in [-0.1, -0.05) is 0 Å². The second-order valence-electron chi connectivity index (χ2n) is 3.21. The third-order valence-electron chi connectivity index (χ3n) is 1.90. The Hall–Kier alpha value is -1.07.